The van der Waals surface area contributed by atoms with Crippen molar-refractivity contribution in [2.75, 3.05) is 0 Å². The molecular weight excluding hydrogens is 881 g/mol. The van der Waals surface area contributed by atoms with E-state index in [-0.39, 0.29) is 23.1 Å². The number of aryl methyl sites for hydroxylation is 2. The Kier molecular flexibility index (Phi) is 15.1. The van der Waals surface area contributed by atoms with Gasteiger partial charge in [-0.25, -0.2) is 0 Å². The molecule has 0 saturated carbocycles. The highest BCUT2D eigenvalue weighted by Gasteiger charge is 2.14. The maximum atomic E-state index is 13.0. The second kappa shape index (κ2) is 22.3. The summed E-state index contributed by atoms with van der Waals surface area (Å²) < 4.78 is 17.7. The maximum Gasteiger partial charge on any atom is 0.193 e. The summed E-state index contributed by atoms with van der Waals surface area (Å²) in [5.41, 5.74) is 10.5. The van der Waals surface area contributed by atoms with Gasteiger partial charge in [-0.3, -0.25) is 19.2 Å². The van der Waals surface area contributed by atoms with Gasteiger partial charge in [0.2, 0.25) is 0 Å². The fourth-order valence-corrected chi connectivity index (χ4v) is 7.44. The monoisotopic (exact) mass is 930 g/mol. The van der Waals surface area contributed by atoms with Gasteiger partial charge in [0.15, 0.2) is 23.1 Å². The van der Waals surface area contributed by atoms with Crippen LogP contribution in [0.1, 0.15) is 88.7 Å². The van der Waals surface area contributed by atoms with Crippen LogP contribution in [0.4, 0.5) is 0 Å². The third-order valence-corrected chi connectivity index (χ3v) is 11.6. The normalized spacial score (nSPS) is 10.5. The molecule has 7 nitrogen and oxygen atoms in total. The van der Waals surface area contributed by atoms with Gasteiger partial charge in [-0.2, -0.15) is 0 Å². The maximum absolute atomic E-state index is 13.0. The molecule has 0 bridgehead atoms. The molecule has 0 radical (unpaired) electrons. The van der Waals surface area contributed by atoms with Crippen molar-refractivity contribution in [2.24, 2.45) is 0 Å². The van der Waals surface area contributed by atoms with Crippen LogP contribution in [0.25, 0.3) is 16.7 Å². The highest BCUT2D eigenvalue weighted by molar-refractivity contribution is 6.10. The van der Waals surface area contributed by atoms with E-state index in [0.29, 0.717) is 56.2 Å². The SMILES string of the molecule is C=C(C)c1ccc(C(=O)c2ccc(Oc3ccc(C(=O)c4ccc(Oc5ccc(C)cc5)cc4)cc3)cc2)cc1.CC(=O)c1ccc(C(=O)c2ccc(-c3ccc(Oc4ccc(C)cc4)cc3)cc2)cc1. The quantitative estimate of drug-likeness (QED) is 0.0945. The van der Waals surface area contributed by atoms with Crippen LogP contribution in [-0.4, -0.2) is 23.1 Å². The minimum atomic E-state index is -0.0902. The minimum absolute atomic E-state index is 0.0152. The van der Waals surface area contributed by atoms with Crippen molar-refractivity contribution in [3.63, 3.8) is 0 Å². The molecule has 0 N–H and O–H groups in total. The van der Waals surface area contributed by atoms with E-state index in [2.05, 4.69) is 6.58 Å². The molecule has 9 rings (SSSR count). The van der Waals surface area contributed by atoms with Crippen LogP contribution in [-0.2, 0) is 0 Å². The van der Waals surface area contributed by atoms with Crippen LogP contribution < -0.4 is 14.2 Å². The van der Waals surface area contributed by atoms with Crippen molar-refractivity contribution in [1.82, 2.24) is 0 Å². The molecule has 0 aromatic heterocycles. The van der Waals surface area contributed by atoms with Crippen molar-refractivity contribution in [3.05, 3.63) is 281 Å². The molecule has 9 aromatic rings. The minimum Gasteiger partial charge on any atom is -0.457 e. The number of ketones is 4. The molecule has 0 atom stereocenters. The number of rotatable bonds is 15. The van der Waals surface area contributed by atoms with Crippen molar-refractivity contribution in [1.29, 1.82) is 0 Å². The van der Waals surface area contributed by atoms with E-state index in [0.717, 1.165) is 45.1 Å². The van der Waals surface area contributed by atoms with Crippen LogP contribution >= 0.6 is 0 Å². The highest BCUT2D eigenvalue weighted by atomic mass is 16.5. The van der Waals surface area contributed by atoms with Gasteiger partial charge in [-0.15, -0.1) is 0 Å². The molecule has 0 fully saturated rings. The zero-order chi connectivity index (χ0) is 49.9. The Labute approximate surface area is 414 Å². The fraction of sp³-hybridized carbons (Fsp3) is 0.0625. The lowest BCUT2D eigenvalue weighted by molar-refractivity contribution is 0.101. The van der Waals surface area contributed by atoms with Gasteiger partial charge in [0.25, 0.3) is 0 Å². The Balaban J connectivity index is 0.000000197. The molecule has 0 aliphatic heterocycles. The number of hydrogen-bond donors (Lipinski definition) is 0. The van der Waals surface area contributed by atoms with E-state index >= 15 is 0 Å². The van der Waals surface area contributed by atoms with Crippen LogP contribution in [0.15, 0.2) is 225 Å². The zero-order valence-electron chi connectivity index (χ0n) is 39.8. The molecule has 0 saturated heterocycles. The number of hydrogen-bond acceptors (Lipinski definition) is 7. The highest BCUT2D eigenvalue weighted by Crippen LogP contribution is 2.29. The number of carbonyl (C=O) groups excluding carboxylic acids is 4. The standard InChI is InChI=1S/C36H28O4.C28H22O3/c1-24(2)26-6-8-27(9-7-26)35(37)28-10-20-33(21-11-28)40-34-22-14-30(15-23-34)36(38)29-12-18-32(19-13-29)39-31-16-4-25(3)5-17-31;1-19-3-15-26(16-4-19)31-27-17-13-23(14-18-27)22-7-11-25(12-8-22)28(30)24-9-5-21(6-10-24)20(2)29/h4-23H,1H2,2-3H3;3-18H,1-2H3. The van der Waals surface area contributed by atoms with Crippen molar-refractivity contribution < 1.29 is 33.4 Å². The Morgan fingerprint density at radius 1 is 0.282 bits per heavy atom. The largest absolute Gasteiger partial charge is 0.457 e. The Hall–Kier alpha value is -9.20. The first-order valence-electron chi connectivity index (χ1n) is 23.0. The van der Waals surface area contributed by atoms with Crippen LogP contribution in [0.2, 0.25) is 0 Å². The third-order valence-electron chi connectivity index (χ3n) is 11.6. The van der Waals surface area contributed by atoms with Gasteiger partial charge >= 0.3 is 0 Å². The number of benzene rings is 9. The molecule has 0 aliphatic carbocycles. The predicted octanol–water partition coefficient (Wildman–Crippen LogP) is 16.0. The molecule has 9 aromatic carbocycles. The number of Topliss-reactive ketones (excluding diaryl/α,β-unsaturated/α-hetero) is 1. The van der Waals surface area contributed by atoms with E-state index in [1.807, 2.05) is 142 Å². The van der Waals surface area contributed by atoms with E-state index in [1.165, 1.54) is 12.5 Å². The number of carbonyl (C=O) groups is 4. The van der Waals surface area contributed by atoms with Gasteiger partial charge in [0.1, 0.15) is 34.5 Å². The zero-order valence-corrected chi connectivity index (χ0v) is 39.8. The summed E-state index contributed by atoms with van der Waals surface area (Å²) in [6.45, 7) is 11.4. The fourth-order valence-electron chi connectivity index (χ4n) is 7.44. The molecule has 71 heavy (non-hydrogen) atoms. The summed E-state index contributed by atoms with van der Waals surface area (Å²) in [4.78, 5) is 49.9. The third kappa shape index (κ3) is 12.7. The van der Waals surface area contributed by atoms with Gasteiger partial charge in [0.05, 0.1) is 0 Å². The predicted molar refractivity (Wildman–Crippen MR) is 282 cm³/mol. The topological polar surface area (TPSA) is 96.0 Å². The van der Waals surface area contributed by atoms with Gasteiger partial charge < -0.3 is 14.2 Å². The van der Waals surface area contributed by atoms with Gasteiger partial charge in [0, 0.05) is 38.9 Å². The van der Waals surface area contributed by atoms with E-state index < -0.39 is 0 Å². The lowest BCUT2D eigenvalue weighted by Crippen LogP contribution is -2.02. The first kappa shape index (κ1) is 48.3. The van der Waals surface area contributed by atoms with Crippen molar-refractivity contribution in [3.8, 4) is 45.6 Å². The van der Waals surface area contributed by atoms with E-state index in [9.17, 15) is 19.2 Å². The molecule has 0 aliphatic rings. The first-order chi connectivity index (χ1) is 34.3. The molecule has 7 heteroatoms. The van der Waals surface area contributed by atoms with Gasteiger partial charge in [-0.05, 0) is 154 Å². The molecule has 0 heterocycles. The Morgan fingerprint density at radius 2 is 0.479 bits per heavy atom. The first-order valence-corrected chi connectivity index (χ1v) is 23.0. The van der Waals surface area contributed by atoms with Crippen molar-refractivity contribution in [2.45, 2.75) is 27.7 Å². The number of ether oxygens (including phenoxy) is 3. The van der Waals surface area contributed by atoms with Crippen LogP contribution in [0.3, 0.4) is 0 Å². The average Bonchev–Trinajstić information content (AvgIpc) is 3.40. The summed E-state index contributed by atoms with van der Waals surface area (Å²) in [5.74, 6) is 3.94. The van der Waals surface area contributed by atoms with E-state index in [1.54, 1.807) is 97.1 Å². The summed E-state index contributed by atoms with van der Waals surface area (Å²) in [7, 11) is 0. The Morgan fingerprint density at radius 3 is 0.746 bits per heavy atom. The Bertz CT molecular complexity index is 3300. The molecule has 0 unspecified atom stereocenters. The molecular formula is C64H50O7. The number of allylic oxidation sites excluding steroid dienone is 1. The van der Waals surface area contributed by atoms with E-state index in [4.69, 9.17) is 14.2 Å². The average molecular weight is 931 g/mol. The smallest absolute Gasteiger partial charge is 0.193 e. The lowest BCUT2D eigenvalue weighted by atomic mass is 9.98. The van der Waals surface area contributed by atoms with Gasteiger partial charge in [-0.1, -0.05) is 132 Å². The second-order valence-corrected chi connectivity index (χ2v) is 17.1. The summed E-state index contributed by atoms with van der Waals surface area (Å²) in [6, 6.07) is 66.4. The summed E-state index contributed by atoms with van der Waals surface area (Å²) in [6.07, 6.45) is 0. The van der Waals surface area contributed by atoms with Crippen LogP contribution in [0, 0.1) is 13.8 Å². The summed E-state index contributed by atoms with van der Waals surface area (Å²) in [5, 5.41) is 0. The summed E-state index contributed by atoms with van der Waals surface area (Å²) >= 11 is 0. The molecule has 348 valence electrons. The second-order valence-electron chi connectivity index (χ2n) is 17.1. The van der Waals surface area contributed by atoms with Crippen molar-refractivity contribution >= 4 is 28.7 Å². The van der Waals surface area contributed by atoms with Crippen LogP contribution in [0.5, 0.6) is 34.5 Å². The lowest BCUT2D eigenvalue weighted by Gasteiger charge is -2.09. The molecule has 0 spiro atoms. The molecule has 0 amide bonds.